The number of halogens is 3. The van der Waals surface area contributed by atoms with E-state index in [2.05, 4.69) is 10.3 Å². The van der Waals surface area contributed by atoms with Crippen molar-refractivity contribution in [3.8, 4) is 5.88 Å². The van der Waals surface area contributed by atoms with Gasteiger partial charge in [0.1, 0.15) is 11.7 Å². The van der Waals surface area contributed by atoms with E-state index in [1.165, 1.54) is 17.2 Å². The zero-order valence-electron chi connectivity index (χ0n) is 14.3. The molecule has 2 heterocycles. The van der Waals surface area contributed by atoms with Gasteiger partial charge in [0.2, 0.25) is 5.88 Å². The highest BCUT2D eigenvalue weighted by molar-refractivity contribution is 5.90. The molecule has 2 amide bonds. The van der Waals surface area contributed by atoms with Crippen molar-refractivity contribution in [2.75, 3.05) is 18.4 Å². The van der Waals surface area contributed by atoms with Crippen LogP contribution < -0.4 is 10.1 Å². The van der Waals surface area contributed by atoms with Gasteiger partial charge in [-0.25, -0.2) is 9.78 Å². The molecule has 3 rings (SSSR count). The van der Waals surface area contributed by atoms with E-state index in [1.807, 2.05) is 32.0 Å². The molecule has 1 aromatic carbocycles. The van der Waals surface area contributed by atoms with Crippen LogP contribution in [0.3, 0.4) is 0 Å². The summed E-state index contributed by atoms with van der Waals surface area (Å²) in [5.74, 6) is -0.459. The summed E-state index contributed by atoms with van der Waals surface area (Å²) < 4.78 is 44.1. The average Bonchev–Trinajstić information content (AvgIpc) is 2.48. The van der Waals surface area contributed by atoms with Crippen LogP contribution in [0.15, 0.2) is 36.5 Å². The first-order valence-electron chi connectivity index (χ1n) is 8.05. The quantitative estimate of drug-likeness (QED) is 0.894. The molecule has 0 spiro atoms. The Labute approximate surface area is 148 Å². The van der Waals surface area contributed by atoms with Crippen LogP contribution >= 0.6 is 0 Å². The molecule has 0 unspecified atom stereocenters. The second-order valence-corrected chi connectivity index (χ2v) is 6.31. The largest absolute Gasteiger partial charge is 0.470 e. The molecule has 2 aromatic rings. The molecule has 0 bridgehead atoms. The number of benzene rings is 1. The first-order chi connectivity index (χ1) is 12.2. The predicted octanol–water partition coefficient (Wildman–Crippen LogP) is 4.01. The second kappa shape index (κ2) is 6.86. The highest BCUT2D eigenvalue weighted by Crippen LogP contribution is 2.35. The molecular weight excluding hydrogens is 347 g/mol. The zero-order chi connectivity index (χ0) is 18.9. The molecule has 1 aromatic heterocycles. The van der Waals surface area contributed by atoms with Crippen LogP contribution in [0.5, 0.6) is 5.88 Å². The Bertz CT molecular complexity index is 797. The highest BCUT2D eigenvalue weighted by atomic mass is 19.4. The lowest BCUT2D eigenvalue weighted by molar-refractivity contribution is -0.140. The molecule has 1 fully saturated rings. The van der Waals surface area contributed by atoms with Gasteiger partial charge in [0.15, 0.2) is 0 Å². The van der Waals surface area contributed by atoms with E-state index in [-0.39, 0.29) is 19.1 Å². The van der Waals surface area contributed by atoms with Gasteiger partial charge >= 0.3 is 12.2 Å². The number of alkyl halides is 3. The van der Waals surface area contributed by atoms with Crippen molar-refractivity contribution in [1.82, 2.24) is 9.88 Å². The fraction of sp³-hybridized carbons (Fsp3) is 0.333. The van der Waals surface area contributed by atoms with E-state index in [0.29, 0.717) is 5.69 Å². The predicted molar refractivity (Wildman–Crippen MR) is 90.2 cm³/mol. The third-order valence-electron chi connectivity index (χ3n) is 3.96. The van der Waals surface area contributed by atoms with Crippen LogP contribution in [-0.4, -0.2) is 35.1 Å². The van der Waals surface area contributed by atoms with Crippen molar-refractivity contribution >= 4 is 11.7 Å². The third kappa shape index (κ3) is 4.07. The molecule has 1 N–H and O–H groups in total. The van der Waals surface area contributed by atoms with Crippen LogP contribution in [0.4, 0.5) is 23.7 Å². The van der Waals surface area contributed by atoms with Crippen molar-refractivity contribution in [3.05, 3.63) is 53.2 Å². The Balaban J connectivity index is 1.57. The van der Waals surface area contributed by atoms with Crippen molar-refractivity contribution < 1.29 is 22.7 Å². The van der Waals surface area contributed by atoms with Crippen LogP contribution in [0.2, 0.25) is 0 Å². The van der Waals surface area contributed by atoms with Gasteiger partial charge in [-0.1, -0.05) is 6.07 Å². The Morgan fingerprint density at radius 1 is 1.23 bits per heavy atom. The molecule has 1 aliphatic heterocycles. The topological polar surface area (TPSA) is 54.5 Å². The number of likely N-dealkylation sites (tertiary alicyclic amines) is 1. The van der Waals surface area contributed by atoms with Crippen LogP contribution in [-0.2, 0) is 6.18 Å². The fourth-order valence-corrected chi connectivity index (χ4v) is 2.79. The van der Waals surface area contributed by atoms with E-state index < -0.39 is 23.7 Å². The van der Waals surface area contributed by atoms with Gasteiger partial charge < -0.3 is 15.0 Å². The summed E-state index contributed by atoms with van der Waals surface area (Å²) in [6, 6.07) is 7.51. The maximum atomic E-state index is 12.9. The normalized spacial score (nSPS) is 14.7. The number of anilines is 1. The highest BCUT2D eigenvalue weighted by Gasteiger charge is 2.38. The number of nitrogens with zero attached hydrogens (tertiary/aromatic N) is 2. The summed E-state index contributed by atoms with van der Waals surface area (Å²) in [6.07, 6.45) is -3.81. The summed E-state index contributed by atoms with van der Waals surface area (Å²) >= 11 is 0. The summed E-state index contributed by atoms with van der Waals surface area (Å²) in [6.45, 7) is 4.26. The van der Waals surface area contributed by atoms with Gasteiger partial charge in [0.05, 0.1) is 13.1 Å². The SMILES string of the molecule is Cc1cc(C)cc(NC(=O)N2CC(Oc3ncccc3C(F)(F)F)C2)c1. The monoisotopic (exact) mass is 365 g/mol. The molecule has 8 heteroatoms. The lowest BCUT2D eigenvalue weighted by atomic mass is 10.1. The molecule has 0 saturated carbocycles. The molecule has 26 heavy (non-hydrogen) atoms. The van der Waals surface area contributed by atoms with Crippen LogP contribution in [0, 0.1) is 13.8 Å². The summed E-state index contributed by atoms with van der Waals surface area (Å²) in [7, 11) is 0. The van der Waals surface area contributed by atoms with E-state index in [0.717, 1.165) is 17.2 Å². The maximum absolute atomic E-state index is 12.9. The van der Waals surface area contributed by atoms with Crippen LogP contribution in [0.25, 0.3) is 0 Å². The van der Waals surface area contributed by atoms with E-state index >= 15 is 0 Å². The van der Waals surface area contributed by atoms with Gasteiger partial charge in [0, 0.05) is 11.9 Å². The van der Waals surface area contributed by atoms with E-state index in [9.17, 15) is 18.0 Å². The first-order valence-corrected chi connectivity index (χ1v) is 8.05. The first kappa shape index (κ1) is 18.0. The summed E-state index contributed by atoms with van der Waals surface area (Å²) in [5, 5.41) is 2.78. The third-order valence-corrected chi connectivity index (χ3v) is 3.96. The Kier molecular flexibility index (Phi) is 4.76. The number of ether oxygens (including phenoxy) is 1. The maximum Gasteiger partial charge on any atom is 0.421 e. The van der Waals surface area contributed by atoms with Crippen molar-refractivity contribution in [2.45, 2.75) is 26.1 Å². The smallest absolute Gasteiger partial charge is 0.421 e. The average molecular weight is 365 g/mol. The minimum Gasteiger partial charge on any atom is -0.470 e. The lowest BCUT2D eigenvalue weighted by Crippen LogP contribution is -2.57. The molecule has 0 radical (unpaired) electrons. The van der Waals surface area contributed by atoms with Gasteiger partial charge in [-0.2, -0.15) is 13.2 Å². The number of hydrogen-bond donors (Lipinski definition) is 1. The van der Waals surface area contributed by atoms with Gasteiger partial charge in [-0.3, -0.25) is 0 Å². The molecule has 0 aliphatic carbocycles. The van der Waals surface area contributed by atoms with E-state index in [1.54, 1.807) is 0 Å². The molecule has 5 nitrogen and oxygen atoms in total. The number of nitrogens with one attached hydrogen (secondary N) is 1. The number of carbonyl (C=O) groups is 1. The molecule has 138 valence electrons. The molecule has 0 atom stereocenters. The van der Waals surface area contributed by atoms with Gasteiger partial charge in [-0.05, 0) is 49.2 Å². The standard InChI is InChI=1S/C18H18F3N3O2/c1-11-6-12(2)8-13(7-11)23-17(25)24-9-14(10-24)26-16-15(18(19,20)21)4-3-5-22-16/h3-8,14H,9-10H2,1-2H3,(H,23,25). The number of pyridine rings is 1. The van der Waals surface area contributed by atoms with Crippen molar-refractivity contribution in [2.24, 2.45) is 0 Å². The number of carbonyl (C=O) groups excluding carboxylic acids is 1. The second-order valence-electron chi connectivity index (χ2n) is 6.31. The number of rotatable bonds is 3. The van der Waals surface area contributed by atoms with Gasteiger partial charge in [-0.15, -0.1) is 0 Å². The minimum atomic E-state index is -4.53. The number of urea groups is 1. The number of aromatic nitrogens is 1. The number of hydrogen-bond acceptors (Lipinski definition) is 3. The molecular formula is C18H18F3N3O2. The number of amides is 2. The Hall–Kier alpha value is -2.77. The number of aryl methyl sites for hydroxylation is 2. The van der Waals surface area contributed by atoms with Crippen molar-refractivity contribution in [3.63, 3.8) is 0 Å². The van der Waals surface area contributed by atoms with Crippen LogP contribution in [0.1, 0.15) is 16.7 Å². The van der Waals surface area contributed by atoms with Gasteiger partial charge in [0.25, 0.3) is 0 Å². The summed E-state index contributed by atoms with van der Waals surface area (Å²) in [4.78, 5) is 17.3. The fourth-order valence-electron chi connectivity index (χ4n) is 2.79. The zero-order valence-corrected chi connectivity index (χ0v) is 14.3. The summed E-state index contributed by atoms with van der Waals surface area (Å²) in [5.41, 5.74) is 1.82. The Morgan fingerprint density at radius 3 is 2.50 bits per heavy atom. The Morgan fingerprint density at radius 2 is 1.88 bits per heavy atom. The molecule has 1 aliphatic rings. The minimum absolute atomic E-state index is 0.199. The van der Waals surface area contributed by atoms with E-state index in [4.69, 9.17) is 4.74 Å². The molecule has 1 saturated heterocycles. The van der Waals surface area contributed by atoms with Crippen molar-refractivity contribution in [1.29, 1.82) is 0 Å². The lowest BCUT2D eigenvalue weighted by Gasteiger charge is -2.38.